The molecule has 0 atom stereocenters. The highest BCUT2D eigenvalue weighted by Crippen LogP contribution is 2.34. The summed E-state index contributed by atoms with van der Waals surface area (Å²) in [4.78, 5) is 25.7. The highest BCUT2D eigenvalue weighted by molar-refractivity contribution is 8.26. The van der Waals surface area contributed by atoms with Crippen LogP contribution in [0.2, 0.25) is 0 Å². The van der Waals surface area contributed by atoms with Gasteiger partial charge >= 0.3 is 0 Å². The van der Waals surface area contributed by atoms with E-state index in [1.165, 1.54) is 0 Å². The van der Waals surface area contributed by atoms with Gasteiger partial charge in [0.1, 0.15) is 11.5 Å². The Labute approximate surface area is 172 Å². The molecule has 8 heteroatoms. The number of benzene rings is 2. The van der Waals surface area contributed by atoms with Gasteiger partial charge in [-0.2, -0.15) is 5.01 Å². The minimum absolute atomic E-state index is 0.255. The van der Waals surface area contributed by atoms with Gasteiger partial charge in [0, 0.05) is 17.2 Å². The van der Waals surface area contributed by atoms with Crippen molar-refractivity contribution in [3.05, 3.63) is 64.1 Å². The van der Waals surface area contributed by atoms with Gasteiger partial charge in [0.15, 0.2) is 4.32 Å². The summed E-state index contributed by atoms with van der Waals surface area (Å²) in [5, 5.41) is 1.09. The molecule has 1 fully saturated rings. The van der Waals surface area contributed by atoms with Gasteiger partial charge < -0.3 is 9.47 Å². The number of ether oxygens (including phenoxy) is 2. The predicted molar refractivity (Wildman–Crippen MR) is 113 cm³/mol. The second-order valence-electron chi connectivity index (χ2n) is 5.88. The van der Waals surface area contributed by atoms with E-state index in [1.807, 2.05) is 19.1 Å². The summed E-state index contributed by atoms with van der Waals surface area (Å²) in [5.41, 5.74) is 4.58. The number of nitrogens with zero attached hydrogens (tertiary/aromatic N) is 1. The summed E-state index contributed by atoms with van der Waals surface area (Å²) in [7, 11) is 3.11. The molecule has 1 N–H and O–H groups in total. The van der Waals surface area contributed by atoms with Gasteiger partial charge in [-0.15, -0.1) is 0 Å². The van der Waals surface area contributed by atoms with Crippen molar-refractivity contribution in [2.24, 2.45) is 0 Å². The fraction of sp³-hybridized carbons (Fsp3) is 0.150. The van der Waals surface area contributed by atoms with Crippen LogP contribution in [-0.4, -0.2) is 35.4 Å². The monoisotopic (exact) mass is 414 g/mol. The molecule has 1 saturated heterocycles. The van der Waals surface area contributed by atoms with Gasteiger partial charge in [-0.1, -0.05) is 30.0 Å². The number of hydrogen-bond acceptors (Lipinski definition) is 6. The number of amides is 2. The maximum Gasteiger partial charge on any atom is 0.285 e. The van der Waals surface area contributed by atoms with Crippen LogP contribution in [0, 0.1) is 6.92 Å². The third kappa shape index (κ3) is 4.02. The predicted octanol–water partition coefficient (Wildman–Crippen LogP) is 3.56. The zero-order chi connectivity index (χ0) is 20.3. The van der Waals surface area contributed by atoms with Crippen LogP contribution in [0.5, 0.6) is 11.5 Å². The van der Waals surface area contributed by atoms with E-state index >= 15 is 0 Å². The van der Waals surface area contributed by atoms with E-state index in [0.717, 1.165) is 22.3 Å². The second kappa shape index (κ2) is 8.45. The fourth-order valence-electron chi connectivity index (χ4n) is 2.63. The van der Waals surface area contributed by atoms with E-state index in [1.54, 1.807) is 50.6 Å². The highest BCUT2D eigenvalue weighted by atomic mass is 32.2. The Hall–Kier alpha value is -2.84. The SMILES string of the molecule is COc1ccc(C=C2SC(=S)N(NC(=O)c3ccccc3C)C2=O)c(OC)c1. The maximum atomic E-state index is 12.8. The molecular formula is C20H18N2O4S2. The molecule has 1 aliphatic heterocycles. The average molecular weight is 415 g/mol. The van der Waals surface area contributed by atoms with Crippen molar-refractivity contribution < 1.29 is 19.1 Å². The molecule has 0 bridgehead atoms. The Morgan fingerprint density at radius 2 is 1.93 bits per heavy atom. The van der Waals surface area contributed by atoms with E-state index in [9.17, 15) is 9.59 Å². The van der Waals surface area contributed by atoms with Gasteiger partial charge in [0.2, 0.25) is 0 Å². The van der Waals surface area contributed by atoms with Crippen LogP contribution >= 0.6 is 24.0 Å². The smallest absolute Gasteiger partial charge is 0.285 e. The van der Waals surface area contributed by atoms with Crippen molar-refractivity contribution in [1.82, 2.24) is 10.4 Å². The number of aryl methyl sites for hydroxylation is 1. The van der Waals surface area contributed by atoms with Gasteiger partial charge in [-0.3, -0.25) is 15.0 Å². The second-order valence-corrected chi connectivity index (χ2v) is 7.56. The summed E-state index contributed by atoms with van der Waals surface area (Å²) in [6.45, 7) is 1.83. The van der Waals surface area contributed by atoms with Crippen molar-refractivity contribution >= 4 is 46.2 Å². The van der Waals surface area contributed by atoms with E-state index in [-0.39, 0.29) is 4.32 Å². The standard InChI is InChI=1S/C20H18N2O4S2/c1-12-6-4-5-7-15(12)18(23)21-22-19(24)17(28-20(22)27)10-13-8-9-14(25-2)11-16(13)26-3/h4-11H,1-3H3,(H,21,23). The van der Waals surface area contributed by atoms with Crippen LogP contribution in [0.3, 0.4) is 0 Å². The lowest BCUT2D eigenvalue weighted by Crippen LogP contribution is -2.45. The van der Waals surface area contributed by atoms with E-state index in [2.05, 4.69) is 5.43 Å². The molecule has 1 heterocycles. The number of thiocarbonyl (C=S) groups is 1. The van der Waals surface area contributed by atoms with Crippen LogP contribution in [0.25, 0.3) is 6.08 Å². The number of methoxy groups -OCH3 is 2. The molecule has 0 saturated carbocycles. The fourth-order valence-corrected chi connectivity index (χ4v) is 3.80. The molecule has 2 aromatic carbocycles. The van der Waals surface area contributed by atoms with Crippen molar-refractivity contribution in [3.8, 4) is 11.5 Å². The molecule has 0 radical (unpaired) electrons. The summed E-state index contributed by atoms with van der Waals surface area (Å²) in [5.74, 6) is 0.424. The van der Waals surface area contributed by atoms with E-state index < -0.39 is 11.8 Å². The highest BCUT2D eigenvalue weighted by Gasteiger charge is 2.34. The molecular weight excluding hydrogens is 396 g/mol. The first-order chi connectivity index (χ1) is 13.4. The van der Waals surface area contributed by atoms with Gasteiger partial charge in [-0.25, -0.2) is 0 Å². The lowest BCUT2D eigenvalue weighted by Gasteiger charge is -2.16. The number of carbonyl (C=O) groups excluding carboxylic acids is 2. The summed E-state index contributed by atoms with van der Waals surface area (Å²) in [6, 6.07) is 12.4. The number of hydrogen-bond donors (Lipinski definition) is 1. The summed E-state index contributed by atoms with van der Waals surface area (Å²) in [6.07, 6.45) is 1.68. The molecule has 0 spiro atoms. The first-order valence-corrected chi connectivity index (χ1v) is 9.53. The molecule has 6 nitrogen and oxygen atoms in total. The number of carbonyl (C=O) groups is 2. The number of rotatable bonds is 5. The van der Waals surface area contributed by atoms with Crippen LogP contribution in [0.4, 0.5) is 0 Å². The molecule has 1 aliphatic rings. The van der Waals surface area contributed by atoms with Crippen molar-refractivity contribution in [1.29, 1.82) is 0 Å². The first-order valence-electron chi connectivity index (χ1n) is 8.31. The zero-order valence-corrected chi connectivity index (χ0v) is 17.1. The quantitative estimate of drug-likeness (QED) is 0.596. The van der Waals surface area contributed by atoms with Gasteiger partial charge in [-0.05, 0) is 49.0 Å². The molecule has 2 amide bonds. The van der Waals surface area contributed by atoms with Crippen LogP contribution in [0.1, 0.15) is 21.5 Å². The Bertz CT molecular complexity index is 988. The normalized spacial score (nSPS) is 15.1. The summed E-state index contributed by atoms with van der Waals surface area (Å²) < 4.78 is 10.8. The largest absolute Gasteiger partial charge is 0.497 e. The zero-order valence-electron chi connectivity index (χ0n) is 15.5. The Kier molecular flexibility index (Phi) is 6.01. The topological polar surface area (TPSA) is 67.9 Å². The van der Waals surface area contributed by atoms with E-state index in [0.29, 0.717) is 27.5 Å². The number of nitrogens with one attached hydrogen (secondary N) is 1. The van der Waals surface area contributed by atoms with Crippen molar-refractivity contribution in [2.75, 3.05) is 14.2 Å². The molecule has 0 aliphatic carbocycles. The minimum atomic E-state index is -0.394. The molecule has 3 rings (SSSR count). The molecule has 0 unspecified atom stereocenters. The van der Waals surface area contributed by atoms with Crippen LogP contribution in [-0.2, 0) is 4.79 Å². The Morgan fingerprint density at radius 3 is 2.61 bits per heavy atom. The third-order valence-electron chi connectivity index (χ3n) is 4.12. The molecule has 144 valence electrons. The molecule has 28 heavy (non-hydrogen) atoms. The molecule has 0 aromatic heterocycles. The lowest BCUT2D eigenvalue weighted by molar-refractivity contribution is -0.123. The lowest BCUT2D eigenvalue weighted by atomic mass is 10.1. The number of hydrazine groups is 1. The average Bonchev–Trinajstić information content (AvgIpc) is 2.96. The Balaban J connectivity index is 1.83. The van der Waals surface area contributed by atoms with Crippen LogP contribution in [0.15, 0.2) is 47.4 Å². The summed E-state index contributed by atoms with van der Waals surface area (Å²) >= 11 is 6.39. The number of thioether (sulfide) groups is 1. The molecule has 2 aromatic rings. The Morgan fingerprint density at radius 1 is 1.18 bits per heavy atom. The maximum absolute atomic E-state index is 12.8. The third-order valence-corrected chi connectivity index (χ3v) is 5.43. The van der Waals surface area contributed by atoms with Gasteiger partial charge in [0.25, 0.3) is 11.8 Å². The first kappa shape index (κ1) is 19.9. The van der Waals surface area contributed by atoms with E-state index in [4.69, 9.17) is 21.7 Å². The van der Waals surface area contributed by atoms with Gasteiger partial charge in [0.05, 0.1) is 19.1 Å². The van der Waals surface area contributed by atoms with Crippen molar-refractivity contribution in [2.45, 2.75) is 6.92 Å². The van der Waals surface area contributed by atoms with Crippen molar-refractivity contribution in [3.63, 3.8) is 0 Å². The van der Waals surface area contributed by atoms with Crippen LogP contribution < -0.4 is 14.9 Å². The minimum Gasteiger partial charge on any atom is -0.497 e.